The van der Waals surface area contributed by atoms with Crippen molar-refractivity contribution in [2.45, 2.75) is 115 Å². The van der Waals surface area contributed by atoms with E-state index in [2.05, 4.69) is 52.2 Å². The van der Waals surface area contributed by atoms with Crippen LogP contribution in [-0.2, 0) is 60.8 Å². The summed E-state index contributed by atoms with van der Waals surface area (Å²) in [4.78, 5) is 143. The number of H-pyrrole nitrogens is 2. The van der Waals surface area contributed by atoms with Gasteiger partial charge in [0.25, 0.3) is 0 Å². The number of hydrogen-bond acceptors (Lipinski definition) is 12. The third-order valence-electron chi connectivity index (χ3n) is 12.0. The second kappa shape index (κ2) is 28.0. The summed E-state index contributed by atoms with van der Waals surface area (Å²) < 4.78 is 0. The molecule has 9 amide bonds. The van der Waals surface area contributed by atoms with Gasteiger partial charge in [-0.2, -0.15) is 0 Å². The van der Waals surface area contributed by atoms with E-state index in [1.165, 1.54) is 0 Å². The first-order chi connectivity index (χ1) is 35.4. The number of aromatic amines is 2. The summed E-state index contributed by atoms with van der Waals surface area (Å²) in [6.45, 7) is 5.78. The van der Waals surface area contributed by atoms with Gasteiger partial charge >= 0.3 is 5.97 Å². The Morgan fingerprint density at radius 1 is 0.573 bits per heavy atom. The average Bonchev–Trinajstić information content (AvgIpc) is 3.96. The van der Waals surface area contributed by atoms with Crippen molar-refractivity contribution in [1.82, 2.24) is 47.2 Å². The predicted molar refractivity (Wildman–Crippen MR) is 276 cm³/mol. The third-order valence-corrected chi connectivity index (χ3v) is 12.0. The monoisotopic (exact) mass is 1040 g/mol. The lowest BCUT2D eigenvalue weighted by Gasteiger charge is -2.27. The van der Waals surface area contributed by atoms with E-state index in [9.17, 15) is 53.1 Å². The number of para-hydroxylation sites is 2. The van der Waals surface area contributed by atoms with Gasteiger partial charge in [-0.25, -0.2) is 4.79 Å². The number of primary amides is 2. The molecular weight excluding hydrogens is 975 g/mol. The maximum absolute atomic E-state index is 14.8. The molecule has 4 aromatic rings. The molecule has 406 valence electrons. The number of benzene rings is 2. The molecule has 2 heterocycles. The molecule has 2 aromatic heterocycles. The van der Waals surface area contributed by atoms with Crippen LogP contribution in [0.25, 0.3) is 21.8 Å². The minimum absolute atomic E-state index is 0.0529. The number of hydrogen-bond donors (Lipinski definition) is 15. The van der Waals surface area contributed by atoms with E-state index in [0.29, 0.717) is 32.9 Å². The number of rotatable bonds is 30. The number of nitrogens with one attached hydrogen (secondary N) is 9. The summed E-state index contributed by atoms with van der Waals surface area (Å²) in [5.41, 5.74) is 30.1. The molecule has 0 aliphatic carbocycles. The fourth-order valence-corrected chi connectivity index (χ4v) is 8.00. The minimum Gasteiger partial charge on any atom is -0.480 e. The van der Waals surface area contributed by atoms with Crippen molar-refractivity contribution in [3.05, 3.63) is 72.1 Å². The number of fused-ring (bicyclic) bond motifs is 2. The normalized spacial score (nSPS) is 14.0. The summed E-state index contributed by atoms with van der Waals surface area (Å²) in [5.74, 6) is -10.3. The third kappa shape index (κ3) is 18.2. The largest absolute Gasteiger partial charge is 0.480 e. The van der Waals surface area contributed by atoms with Gasteiger partial charge in [-0.3, -0.25) is 48.1 Å². The van der Waals surface area contributed by atoms with Gasteiger partial charge in [0.1, 0.15) is 36.3 Å². The summed E-state index contributed by atoms with van der Waals surface area (Å²) in [7, 11) is 0. The molecule has 26 heteroatoms. The zero-order valence-corrected chi connectivity index (χ0v) is 42.2. The molecule has 0 fully saturated rings. The highest BCUT2D eigenvalue weighted by molar-refractivity contribution is 5.98. The van der Waals surface area contributed by atoms with Crippen molar-refractivity contribution in [2.24, 2.45) is 45.5 Å². The molecule has 75 heavy (non-hydrogen) atoms. The van der Waals surface area contributed by atoms with E-state index < -0.39 is 133 Å². The van der Waals surface area contributed by atoms with Crippen LogP contribution in [0.3, 0.4) is 0 Å². The first-order valence-corrected chi connectivity index (χ1v) is 24.2. The number of carbonyl (C=O) groups is 10. The molecule has 4 rings (SSSR count). The van der Waals surface area contributed by atoms with Crippen LogP contribution in [0.5, 0.6) is 0 Å². The van der Waals surface area contributed by atoms with Gasteiger partial charge in [-0.15, -0.1) is 0 Å². The first kappa shape index (κ1) is 59.0. The molecule has 0 radical (unpaired) electrons. The van der Waals surface area contributed by atoms with E-state index in [-0.39, 0.29) is 44.6 Å². The van der Waals surface area contributed by atoms with E-state index in [0.717, 1.165) is 0 Å². The summed E-state index contributed by atoms with van der Waals surface area (Å²) >= 11 is 0. The molecule has 26 nitrogen and oxygen atoms in total. The molecule has 0 spiro atoms. The fraction of sp³-hybridized carbons (Fsp3) is 0.449. The zero-order chi connectivity index (χ0) is 55.5. The van der Waals surface area contributed by atoms with Crippen LogP contribution in [0.4, 0.5) is 0 Å². The number of carboxylic acids is 1. The number of amides is 9. The number of carbonyl (C=O) groups excluding carboxylic acids is 9. The van der Waals surface area contributed by atoms with Crippen LogP contribution >= 0.6 is 0 Å². The Morgan fingerprint density at radius 2 is 1.05 bits per heavy atom. The van der Waals surface area contributed by atoms with Crippen molar-refractivity contribution in [3.63, 3.8) is 0 Å². The second-order valence-electron chi connectivity index (χ2n) is 18.7. The predicted octanol–water partition coefficient (Wildman–Crippen LogP) is -2.62. The molecule has 0 saturated carbocycles. The number of carboxylic acid groups (broad SMARTS) is 1. The SMILES string of the molecule is CC(C)C(NC(=O)C(NC(=O)CNC(=O)C(CCC(N)=O)NC(=O)C(Cc1c[nH]c2ccccc12)NC(=O)C(Cc1c[nH]c2ccccc12)NC(=O)C(CCCN=C(N)N)NC(=O)C(N)CC(N)=O)C(C)C)C(=O)O. The maximum Gasteiger partial charge on any atom is 0.326 e. The van der Waals surface area contributed by atoms with Gasteiger partial charge in [0.15, 0.2) is 5.96 Å². The van der Waals surface area contributed by atoms with Crippen LogP contribution in [0.2, 0.25) is 0 Å². The Kier molecular flexibility index (Phi) is 22.1. The Morgan fingerprint density at radius 3 is 1.53 bits per heavy atom. The molecule has 0 aliphatic rings. The van der Waals surface area contributed by atoms with Crippen LogP contribution in [0, 0.1) is 11.8 Å². The number of nitrogens with two attached hydrogens (primary N) is 5. The fourth-order valence-electron chi connectivity index (χ4n) is 8.00. The smallest absolute Gasteiger partial charge is 0.326 e. The van der Waals surface area contributed by atoms with Crippen molar-refractivity contribution in [2.75, 3.05) is 13.1 Å². The highest BCUT2D eigenvalue weighted by atomic mass is 16.4. The Labute approximate surface area is 431 Å². The molecular formula is C49H69N15O11. The molecule has 0 saturated heterocycles. The first-order valence-electron chi connectivity index (χ1n) is 24.2. The lowest BCUT2D eigenvalue weighted by molar-refractivity contribution is -0.143. The Bertz CT molecular complexity index is 2730. The lowest BCUT2D eigenvalue weighted by atomic mass is 10.00. The van der Waals surface area contributed by atoms with Gasteiger partial charge in [0, 0.05) is 60.0 Å². The summed E-state index contributed by atoms with van der Waals surface area (Å²) in [6, 6.07) is 4.58. The Balaban J connectivity index is 1.66. The number of aliphatic carboxylic acids is 1. The highest BCUT2D eigenvalue weighted by Crippen LogP contribution is 2.22. The van der Waals surface area contributed by atoms with Gasteiger partial charge < -0.3 is 81.0 Å². The zero-order valence-electron chi connectivity index (χ0n) is 42.2. The van der Waals surface area contributed by atoms with Gasteiger partial charge in [-0.05, 0) is 54.4 Å². The van der Waals surface area contributed by atoms with E-state index in [4.69, 9.17) is 28.7 Å². The van der Waals surface area contributed by atoms with Gasteiger partial charge in [-0.1, -0.05) is 64.1 Å². The number of nitrogens with zero attached hydrogens (tertiary/aromatic N) is 1. The van der Waals surface area contributed by atoms with Crippen molar-refractivity contribution >= 4 is 86.9 Å². The quantitative estimate of drug-likeness (QED) is 0.0145. The molecule has 20 N–H and O–H groups in total. The van der Waals surface area contributed by atoms with Crippen LogP contribution in [0.15, 0.2) is 65.9 Å². The highest BCUT2D eigenvalue weighted by Gasteiger charge is 2.35. The number of aromatic nitrogens is 2. The number of guanidine groups is 1. The van der Waals surface area contributed by atoms with Crippen molar-refractivity contribution < 1.29 is 53.1 Å². The summed E-state index contributed by atoms with van der Waals surface area (Å²) in [6.07, 6.45) is 1.71. The topological polar surface area (TPSA) is 449 Å². The van der Waals surface area contributed by atoms with Gasteiger partial charge in [0.05, 0.1) is 19.0 Å². The van der Waals surface area contributed by atoms with Crippen molar-refractivity contribution in [1.29, 1.82) is 0 Å². The molecule has 7 atom stereocenters. The van der Waals surface area contributed by atoms with Crippen LogP contribution in [-0.4, -0.2) is 136 Å². The van der Waals surface area contributed by atoms with E-state index in [1.807, 2.05) is 0 Å². The molecule has 0 aliphatic heterocycles. The van der Waals surface area contributed by atoms with Crippen LogP contribution < -0.4 is 65.9 Å². The standard InChI is InChI=1S/C49H69N15O11/c1-24(2)40(47(73)64-41(25(3)4)48(74)75)63-39(67)23-58-43(69)34(15-16-37(51)65)60-45(71)35(18-26-21-56-31-12-7-5-10-28(26)31)62-46(72)36(19-27-22-57-32-13-8-6-11-29(27)32)61-44(70)33(14-9-17-55-49(53)54)59-42(68)30(50)20-38(52)66/h5-8,10-13,21-22,24-25,30,33-36,40-41,56-57H,9,14-20,23,50H2,1-4H3,(H2,51,65)(H2,52,66)(H,58,69)(H,59,68)(H,60,71)(H,61,70)(H,62,72)(H,63,67)(H,64,73)(H,74,75)(H4,53,54,55). The lowest BCUT2D eigenvalue weighted by Crippen LogP contribution is -2.60. The van der Waals surface area contributed by atoms with E-state index >= 15 is 0 Å². The molecule has 2 aromatic carbocycles. The second-order valence-corrected chi connectivity index (χ2v) is 18.7. The molecule has 7 unspecified atom stereocenters. The average molecular weight is 1040 g/mol. The Hall–Kier alpha value is -8.55. The van der Waals surface area contributed by atoms with Crippen LogP contribution in [0.1, 0.15) is 70.9 Å². The van der Waals surface area contributed by atoms with Crippen molar-refractivity contribution in [3.8, 4) is 0 Å². The number of aliphatic imine (C=N–C) groups is 1. The maximum atomic E-state index is 14.8. The summed E-state index contributed by atoms with van der Waals surface area (Å²) in [5, 5.41) is 28.9. The van der Waals surface area contributed by atoms with E-state index in [1.54, 1.807) is 88.6 Å². The van der Waals surface area contributed by atoms with Gasteiger partial charge in [0.2, 0.25) is 53.2 Å². The molecule has 0 bridgehead atoms. The minimum atomic E-state index is -1.53.